The fraction of sp³-hybridized carbons (Fsp3) is 1.00. The van der Waals surface area contributed by atoms with Crippen molar-refractivity contribution in [3.8, 4) is 0 Å². The predicted molar refractivity (Wildman–Crippen MR) is 119 cm³/mol. The Morgan fingerprint density at radius 3 is 1.41 bits per heavy atom. The van der Waals surface area contributed by atoms with Gasteiger partial charge in [-0.05, 0) is 19.3 Å². The molecule has 6 heteroatoms. The van der Waals surface area contributed by atoms with Crippen molar-refractivity contribution in [3.63, 3.8) is 0 Å². The fourth-order valence-electron chi connectivity index (χ4n) is 3.82. The molecule has 0 saturated carbocycles. The topological polar surface area (TPSA) is 77.4 Å². The average molecular weight is 459 g/mol. The summed E-state index contributed by atoms with van der Waals surface area (Å²) in [6, 6.07) is 0. The van der Waals surface area contributed by atoms with Crippen LogP contribution in [0.25, 0.3) is 0 Å². The molecular formula is C23H47KO4S. The maximum absolute atomic E-state index is 11.5. The summed E-state index contributed by atoms with van der Waals surface area (Å²) in [7, 11) is -4.32. The zero-order valence-electron chi connectivity index (χ0n) is 19.7. The Hall–Kier alpha value is 1.51. The molecule has 0 fully saturated rings. The summed E-state index contributed by atoms with van der Waals surface area (Å²) in [4.78, 5) is 0. The zero-order chi connectivity index (χ0) is 21.1. The van der Waals surface area contributed by atoms with Gasteiger partial charge in [0.1, 0.15) is 0 Å². The quantitative estimate of drug-likeness (QED) is 0.162. The van der Waals surface area contributed by atoms with E-state index in [1.54, 1.807) is 0 Å². The fourth-order valence-corrected chi connectivity index (χ4v) is 4.73. The van der Waals surface area contributed by atoms with Gasteiger partial charge in [-0.3, -0.25) is 0 Å². The molecule has 0 aromatic carbocycles. The van der Waals surface area contributed by atoms with E-state index in [1.165, 1.54) is 57.8 Å². The molecule has 0 aliphatic rings. The normalized spacial score (nSPS) is 13.8. The van der Waals surface area contributed by atoms with Crippen LogP contribution in [0.5, 0.6) is 0 Å². The zero-order valence-corrected chi connectivity index (χ0v) is 23.6. The van der Waals surface area contributed by atoms with Crippen molar-refractivity contribution in [3.05, 3.63) is 0 Å². The van der Waals surface area contributed by atoms with Gasteiger partial charge in [-0.25, -0.2) is 8.42 Å². The second-order valence-corrected chi connectivity index (χ2v) is 10.2. The van der Waals surface area contributed by atoms with Crippen LogP contribution in [0, 0.1) is 0 Å². The van der Waals surface area contributed by atoms with Gasteiger partial charge in [0.25, 0.3) is 0 Å². The molecule has 2 atom stereocenters. The SMILES string of the molecule is CCCCCCCCCCCCCCC(CC(O)CCCCCC)S(=O)(=O)[O-].[K+]. The molecular weight excluding hydrogens is 411 g/mol. The third-order valence-corrected chi connectivity index (χ3v) is 6.96. The minimum Gasteiger partial charge on any atom is -0.748 e. The second kappa shape index (κ2) is 22.7. The van der Waals surface area contributed by atoms with Gasteiger partial charge in [0.05, 0.1) is 21.5 Å². The molecule has 0 aromatic heterocycles. The molecule has 4 nitrogen and oxygen atoms in total. The molecule has 0 saturated heterocycles. The molecule has 2 unspecified atom stereocenters. The summed E-state index contributed by atoms with van der Waals surface area (Å²) in [5.41, 5.74) is 0. The average Bonchev–Trinajstić information content (AvgIpc) is 2.64. The van der Waals surface area contributed by atoms with Gasteiger partial charge >= 0.3 is 51.4 Å². The number of hydrogen-bond donors (Lipinski definition) is 1. The van der Waals surface area contributed by atoms with E-state index in [0.29, 0.717) is 12.8 Å². The number of aliphatic hydroxyl groups excluding tert-OH is 1. The van der Waals surface area contributed by atoms with Gasteiger partial charge in [0.2, 0.25) is 0 Å². The van der Waals surface area contributed by atoms with E-state index >= 15 is 0 Å². The number of aliphatic hydroxyl groups is 1. The van der Waals surface area contributed by atoms with E-state index in [0.717, 1.165) is 44.9 Å². The van der Waals surface area contributed by atoms with E-state index < -0.39 is 21.5 Å². The maximum atomic E-state index is 11.5. The van der Waals surface area contributed by atoms with Crippen molar-refractivity contribution in [2.45, 2.75) is 147 Å². The van der Waals surface area contributed by atoms with Crippen LogP contribution < -0.4 is 51.4 Å². The number of hydrogen-bond acceptors (Lipinski definition) is 4. The Balaban J connectivity index is 0. The van der Waals surface area contributed by atoms with Crippen molar-refractivity contribution in [1.82, 2.24) is 0 Å². The minimum absolute atomic E-state index is 0. The van der Waals surface area contributed by atoms with Crippen molar-refractivity contribution < 1.29 is 69.5 Å². The van der Waals surface area contributed by atoms with Crippen LogP contribution in [-0.4, -0.2) is 29.4 Å². The largest absolute Gasteiger partial charge is 1.00 e. The summed E-state index contributed by atoms with van der Waals surface area (Å²) < 4.78 is 34.5. The van der Waals surface area contributed by atoms with Gasteiger partial charge in [0, 0.05) is 0 Å². The summed E-state index contributed by atoms with van der Waals surface area (Å²) in [5, 5.41) is 9.15. The van der Waals surface area contributed by atoms with E-state index in [-0.39, 0.29) is 57.8 Å². The Kier molecular flexibility index (Phi) is 25.6. The first-order chi connectivity index (χ1) is 13.4. The van der Waals surface area contributed by atoms with Gasteiger partial charge in [-0.2, -0.15) is 0 Å². The Morgan fingerprint density at radius 1 is 0.655 bits per heavy atom. The van der Waals surface area contributed by atoms with E-state index in [1.807, 2.05) is 0 Å². The van der Waals surface area contributed by atoms with Gasteiger partial charge in [-0.1, -0.05) is 117 Å². The molecule has 0 rings (SSSR count). The molecule has 1 N–H and O–H groups in total. The Labute approximate surface area is 224 Å². The summed E-state index contributed by atoms with van der Waals surface area (Å²) in [6.45, 7) is 4.37. The molecule has 29 heavy (non-hydrogen) atoms. The monoisotopic (exact) mass is 458 g/mol. The van der Waals surface area contributed by atoms with Gasteiger partial charge in [-0.15, -0.1) is 0 Å². The minimum atomic E-state index is -4.32. The molecule has 0 amide bonds. The standard InChI is InChI=1S/C23H48O4S.K/c1-3-5-7-9-10-11-12-13-14-15-16-18-20-23(28(25,26)27)21-22(24)19-17-8-6-4-2;/h22-24H,3-21H2,1-2H3,(H,25,26,27);/q;+1/p-1. The third kappa shape index (κ3) is 22.5. The van der Waals surface area contributed by atoms with Crippen molar-refractivity contribution >= 4 is 10.1 Å². The van der Waals surface area contributed by atoms with E-state index in [2.05, 4.69) is 13.8 Å². The Bertz CT molecular complexity index is 429. The van der Waals surface area contributed by atoms with E-state index in [9.17, 15) is 18.1 Å². The first-order valence-corrected chi connectivity index (χ1v) is 13.5. The first kappa shape index (κ1) is 32.7. The smallest absolute Gasteiger partial charge is 0.748 e. The molecule has 0 aromatic rings. The molecule has 0 bridgehead atoms. The molecule has 170 valence electrons. The van der Waals surface area contributed by atoms with Gasteiger partial charge < -0.3 is 9.66 Å². The van der Waals surface area contributed by atoms with Crippen LogP contribution in [0.4, 0.5) is 0 Å². The number of rotatable bonds is 21. The Morgan fingerprint density at radius 2 is 1.00 bits per heavy atom. The van der Waals surface area contributed by atoms with Crippen LogP contribution >= 0.6 is 0 Å². The van der Waals surface area contributed by atoms with Crippen LogP contribution in [0.2, 0.25) is 0 Å². The summed E-state index contributed by atoms with van der Waals surface area (Å²) in [5.74, 6) is 0. The first-order valence-electron chi connectivity index (χ1n) is 12.0. The maximum Gasteiger partial charge on any atom is 1.00 e. The van der Waals surface area contributed by atoms with Crippen LogP contribution in [0.15, 0.2) is 0 Å². The third-order valence-electron chi connectivity index (χ3n) is 5.71. The number of unbranched alkanes of at least 4 members (excludes halogenated alkanes) is 14. The molecule has 0 radical (unpaired) electrons. The van der Waals surface area contributed by atoms with Gasteiger partial charge in [0.15, 0.2) is 0 Å². The molecule has 0 spiro atoms. The summed E-state index contributed by atoms with van der Waals surface area (Å²) >= 11 is 0. The van der Waals surface area contributed by atoms with E-state index in [4.69, 9.17) is 0 Å². The predicted octanol–water partition coefficient (Wildman–Crippen LogP) is 3.72. The summed E-state index contributed by atoms with van der Waals surface area (Å²) in [6.07, 6.45) is 19.4. The van der Waals surface area contributed by atoms with Crippen LogP contribution in [-0.2, 0) is 10.1 Å². The molecule has 0 heterocycles. The van der Waals surface area contributed by atoms with Crippen molar-refractivity contribution in [1.29, 1.82) is 0 Å². The van der Waals surface area contributed by atoms with Crippen molar-refractivity contribution in [2.24, 2.45) is 0 Å². The van der Waals surface area contributed by atoms with Crippen molar-refractivity contribution in [2.75, 3.05) is 0 Å². The molecule has 0 aliphatic heterocycles. The second-order valence-electron chi connectivity index (χ2n) is 8.53. The van der Waals surface area contributed by atoms with Crippen LogP contribution in [0.3, 0.4) is 0 Å². The van der Waals surface area contributed by atoms with Crippen LogP contribution in [0.1, 0.15) is 136 Å². The molecule has 0 aliphatic carbocycles.